The molecule has 0 atom stereocenters. The zero-order valence-electron chi connectivity index (χ0n) is 14.1. The quantitative estimate of drug-likeness (QED) is 0.697. The van der Waals surface area contributed by atoms with Crippen molar-refractivity contribution in [3.63, 3.8) is 0 Å². The maximum absolute atomic E-state index is 10.5. The molecule has 0 saturated carbocycles. The molecule has 0 aliphatic carbocycles. The predicted molar refractivity (Wildman–Crippen MR) is 105 cm³/mol. The van der Waals surface area contributed by atoms with Crippen LogP contribution in [0.25, 0.3) is 35.4 Å². The van der Waals surface area contributed by atoms with Crippen LogP contribution in [0.1, 0.15) is 36.1 Å². The van der Waals surface area contributed by atoms with Gasteiger partial charge in [-0.3, -0.25) is 0 Å². The summed E-state index contributed by atoms with van der Waals surface area (Å²) < 4.78 is 0. The van der Waals surface area contributed by atoms with E-state index in [0.29, 0.717) is 11.1 Å². The normalized spacial score (nSPS) is 11.2. The van der Waals surface area contributed by atoms with Gasteiger partial charge in [0.05, 0.1) is 0 Å². The summed E-state index contributed by atoms with van der Waals surface area (Å²) >= 11 is 0. The van der Waals surface area contributed by atoms with E-state index < -0.39 is 0 Å². The third kappa shape index (κ3) is 3.04. The monoisotopic (exact) mass is 318 g/mol. The van der Waals surface area contributed by atoms with Crippen molar-refractivity contribution in [1.82, 2.24) is 0 Å². The van der Waals surface area contributed by atoms with Crippen LogP contribution in [0.15, 0.2) is 49.6 Å². The van der Waals surface area contributed by atoms with Gasteiger partial charge in [-0.1, -0.05) is 61.7 Å². The molecule has 2 nitrogen and oxygen atoms in total. The Morgan fingerprint density at radius 3 is 1.38 bits per heavy atom. The van der Waals surface area contributed by atoms with Gasteiger partial charge in [0.15, 0.2) is 0 Å². The minimum absolute atomic E-state index is 0.0918. The summed E-state index contributed by atoms with van der Waals surface area (Å²) in [5.41, 5.74) is 4.49. The van der Waals surface area contributed by atoms with Crippen LogP contribution >= 0.6 is 0 Å². The Hall–Kier alpha value is -3.00. The zero-order chi connectivity index (χ0) is 17.7. The molecule has 0 aliphatic heterocycles. The maximum atomic E-state index is 10.5. The number of phenols is 2. The highest BCUT2D eigenvalue weighted by molar-refractivity contribution is 5.93. The SMILES string of the molecule is C=Cc1c(/C=C\C)ccc(O)c1-c1c(O)ccc(/C=C\C)c1C=C. The number of hydrogen-bond acceptors (Lipinski definition) is 2. The lowest BCUT2D eigenvalue weighted by atomic mass is 9.88. The van der Waals surface area contributed by atoms with Gasteiger partial charge in [0, 0.05) is 11.1 Å². The van der Waals surface area contributed by atoms with Crippen LogP contribution in [0.5, 0.6) is 11.5 Å². The number of benzene rings is 2. The van der Waals surface area contributed by atoms with Gasteiger partial charge in [0.25, 0.3) is 0 Å². The first-order valence-electron chi connectivity index (χ1n) is 7.81. The molecule has 0 aromatic heterocycles. The Bertz CT molecular complexity index is 768. The van der Waals surface area contributed by atoms with E-state index in [9.17, 15) is 10.2 Å². The van der Waals surface area contributed by atoms with E-state index in [4.69, 9.17) is 0 Å². The molecule has 24 heavy (non-hydrogen) atoms. The fraction of sp³-hybridized carbons (Fsp3) is 0.0909. The van der Waals surface area contributed by atoms with Gasteiger partial charge < -0.3 is 10.2 Å². The highest BCUT2D eigenvalue weighted by atomic mass is 16.3. The van der Waals surface area contributed by atoms with Crippen molar-refractivity contribution in [2.24, 2.45) is 0 Å². The number of phenolic OH excluding ortho intramolecular Hbond substituents is 2. The van der Waals surface area contributed by atoms with Crippen LogP contribution in [0.2, 0.25) is 0 Å². The minimum Gasteiger partial charge on any atom is -0.507 e. The molecule has 0 aliphatic rings. The van der Waals surface area contributed by atoms with Gasteiger partial charge in [0.1, 0.15) is 11.5 Å². The fourth-order valence-corrected chi connectivity index (χ4v) is 2.86. The van der Waals surface area contributed by atoms with Crippen LogP contribution in [0.4, 0.5) is 0 Å². The van der Waals surface area contributed by atoms with Crippen LogP contribution < -0.4 is 0 Å². The Morgan fingerprint density at radius 2 is 1.08 bits per heavy atom. The lowest BCUT2D eigenvalue weighted by molar-refractivity contribution is 0.469. The van der Waals surface area contributed by atoms with E-state index in [0.717, 1.165) is 22.3 Å². The second-order valence-corrected chi connectivity index (χ2v) is 5.33. The smallest absolute Gasteiger partial charge is 0.124 e. The molecule has 2 aromatic carbocycles. The number of aromatic hydroxyl groups is 2. The molecule has 0 heterocycles. The molecule has 0 saturated heterocycles. The van der Waals surface area contributed by atoms with Gasteiger partial charge >= 0.3 is 0 Å². The lowest BCUT2D eigenvalue weighted by Gasteiger charge is -2.17. The number of rotatable bonds is 5. The highest BCUT2D eigenvalue weighted by Gasteiger charge is 2.19. The standard InChI is InChI=1S/C22H22O2/c1-5-9-15-11-13-19(23)21(17(15)7-3)22-18(8-4)16(10-6-2)12-14-20(22)24/h5-14,23-24H,3-4H2,1-2H3/b9-5-,10-6-. The molecule has 0 spiro atoms. The number of allylic oxidation sites excluding steroid dienone is 2. The lowest BCUT2D eigenvalue weighted by Crippen LogP contribution is -1.94. The van der Waals surface area contributed by atoms with Crippen LogP contribution in [0, 0.1) is 0 Å². The maximum Gasteiger partial charge on any atom is 0.124 e. The Kier molecular flexibility index (Phi) is 5.43. The van der Waals surface area contributed by atoms with Crippen LogP contribution in [0.3, 0.4) is 0 Å². The molecule has 0 fully saturated rings. The third-order valence-electron chi connectivity index (χ3n) is 3.87. The molecular formula is C22H22O2. The van der Waals surface area contributed by atoms with E-state index >= 15 is 0 Å². The van der Waals surface area contributed by atoms with Crippen molar-refractivity contribution >= 4 is 24.3 Å². The molecule has 0 unspecified atom stereocenters. The molecule has 2 N–H and O–H groups in total. The molecule has 2 rings (SSSR count). The van der Waals surface area contributed by atoms with Crippen molar-refractivity contribution < 1.29 is 10.2 Å². The average Bonchev–Trinajstić information content (AvgIpc) is 2.58. The summed E-state index contributed by atoms with van der Waals surface area (Å²) in [5, 5.41) is 21.0. The Balaban J connectivity index is 2.96. The summed E-state index contributed by atoms with van der Waals surface area (Å²) in [6.45, 7) is 11.6. The first kappa shape index (κ1) is 17.4. The molecule has 0 radical (unpaired) electrons. The Labute approximate surface area is 143 Å². The molecule has 122 valence electrons. The van der Waals surface area contributed by atoms with Crippen molar-refractivity contribution in [2.45, 2.75) is 13.8 Å². The third-order valence-corrected chi connectivity index (χ3v) is 3.87. The summed E-state index contributed by atoms with van der Waals surface area (Å²) in [4.78, 5) is 0. The summed E-state index contributed by atoms with van der Waals surface area (Å²) in [5.74, 6) is 0.184. The summed E-state index contributed by atoms with van der Waals surface area (Å²) in [6, 6.07) is 6.92. The Morgan fingerprint density at radius 1 is 0.708 bits per heavy atom. The van der Waals surface area contributed by atoms with Crippen molar-refractivity contribution in [3.8, 4) is 22.6 Å². The highest BCUT2D eigenvalue weighted by Crippen LogP contribution is 2.44. The topological polar surface area (TPSA) is 40.5 Å². The second-order valence-electron chi connectivity index (χ2n) is 5.33. The molecular weight excluding hydrogens is 296 g/mol. The minimum atomic E-state index is 0.0918. The molecule has 2 heteroatoms. The summed E-state index contributed by atoms with van der Waals surface area (Å²) in [6.07, 6.45) is 11.1. The van der Waals surface area contributed by atoms with E-state index in [-0.39, 0.29) is 11.5 Å². The van der Waals surface area contributed by atoms with Crippen molar-refractivity contribution in [3.05, 3.63) is 71.8 Å². The second kappa shape index (κ2) is 7.51. The van der Waals surface area contributed by atoms with Crippen molar-refractivity contribution in [1.29, 1.82) is 0 Å². The first-order valence-corrected chi connectivity index (χ1v) is 7.81. The van der Waals surface area contributed by atoms with Crippen LogP contribution in [-0.4, -0.2) is 10.2 Å². The van der Waals surface area contributed by atoms with Crippen molar-refractivity contribution in [2.75, 3.05) is 0 Å². The number of hydrogen-bond donors (Lipinski definition) is 2. The van der Waals surface area contributed by atoms with Crippen LogP contribution in [-0.2, 0) is 0 Å². The van der Waals surface area contributed by atoms with Gasteiger partial charge in [-0.2, -0.15) is 0 Å². The molecule has 0 bridgehead atoms. The van der Waals surface area contributed by atoms with Gasteiger partial charge in [-0.25, -0.2) is 0 Å². The van der Waals surface area contributed by atoms with Gasteiger partial charge in [0.2, 0.25) is 0 Å². The van der Waals surface area contributed by atoms with E-state index in [1.807, 2.05) is 50.3 Å². The van der Waals surface area contributed by atoms with Gasteiger partial charge in [-0.15, -0.1) is 0 Å². The van der Waals surface area contributed by atoms with E-state index in [2.05, 4.69) is 13.2 Å². The predicted octanol–water partition coefficient (Wildman–Crippen LogP) is 6.12. The van der Waals surface area contributed by atoms with E-state index in [1.165, 1.54) is 0 Å². The summed E-state index contributed by atoms with van der Waals surface area (Å²) in [7, 11) is 0. The molecule has 2 aromatic rings. The average molecular weight is 318 g/mol. The zero-order valence-corrected chi connectivity index (χ0v) is 14.1. The first-order chi connectivity index (χ1) is 11.6. The largest absolute Gasteiger partial charge is 0.507 e. The van der Waals surface area contributed by atoms with Gasteiger partial charge in [-0.05, 0) is 48.2 Å². The fourth-order valence-electron chi connectivity index (χ4n) is 2.86. The van der Waals surface area contributed by atoms with E-state index in [1.54, 1.807) is 24.3 Å². The molecule has 0 amide bonds.